The monoisotopic (exact) mass is 383 g/mol. The fourth-order valence-corrected chi connectivity index (χ4v) is 3.82. The number of hydrogen-bond donors (Lipinski definition) is 1. The van der Waals surface area contributed by atoms with E-state index >= 15 is 0 Å². The van der Waals surface area contributed by atoms with Crippen LogP contribution in [0, 0.1) is 6.92 Å². The molecule has 24 heavy (non-hydrogen) atoms. The van der Waals surface area contributed by atoms with E-state index in [2.05, 4.69) is 11.3 Å². The molecule has 1 N–H and O–H groups in total. The minimum atomic E-state index is -3.87. The summed E-state index contributed by atoms with van der Waals surface area (Å²) in [7, 11) is -3.87. The number of aldehydes is 1. The Morgan fingerprint density at radius 3 is 2.33 bits per heavy atom. The molecule has 7 heteroatoms. The van der Waals surface area contributed by atoms with Gasteiger partial charge in [-0.25, -0.2) is 8.42 Å². The van der Waals surface area contributed by atoms with Crippen LogP contribution in [0.3, 0.4) is 0 Å². The summed E-state index contributed by atoms with van der Waals surface area (Å²) in [5.41, 5.74) is 1.37. The van der Waals surface area contributed by atoms with Gasteiger partial charge < -0.3 is 0 Å². The average molecular weight is 384 g/mol. The van der Waals surface area contributed by atoms with Gasteiger partial charge in [0.05, 0.1) is 10.9 Å². The first-order valence-corrected chi connectivity index (χ1v) is 9.16. The number of rotatable bonds is 6. The van der Waals surface area contributed by atoms with Gasteiger partial charge in [-0.3, -0.25) is 4.79 Å². The molecule has 0 heterocycles. The summed E-state index contributed by atoms with van der Waals surface area (Å²) in [6.45, 7) is 5.47. The predicted octanol–water partition coefficient (Wildman–Crippen LogP) is 4.08. The minimum absolute atomic E-state index is 0.0370. The Morgan fingerprint density at radius 2 is 1.79 bits per heavy atom. The third-order valence-electron chi connectivity index (χ3n) is 3.40. The van der Waals surface area contributed by atoms with Crippen molar-refractivity contribution in [3.63, 3.8) is 0 Å². The Bertz CT molecular complexity index is 877. The lowest BCUT2D eigenvalue weighted by Crippen LogP contribution is -2.30. The molecule has 0 aliphatic heterocycles. The molecule has 0 aromatic heterocycles. The highest BCUT2D eigenvalue weighted by molar-refractivity contribution is 7.89. The Kier molecular flexibility index (Phi) is 5.83. The van der Waals surface area contributed by atoms with Crippen molar-refractivity contribution in [1.29, 1.82) is 0 Å². The maximum atomic E-state index is 12.6. The highest BCUT2D eigenvalue weighted by Crippen LogP contribution is 2.30. The highest BCUT2D eigenvalue weighted by atomic mass is 35.5. The first-order valence-electron chi connectivity index (χ1n) is 6.92. The second kappa shape index (κ2) is 7.49. The molecule has 4 nitrogen and oxygen atoms in total. The Labute approximate surface area is 151 Å². The van der Waals surface area contributed by atoms with Crippen LogP contribution in [0.25, 0.3) is 0 Å². The summed E-state index contributed by atoms with van der Waals surface area (Å²) in [4.78, 5) is 11.2. The summed E-state index contributed by atoms with van der Waals surface area (Å²) < 4.78 is 27.6. The predicted molar refractivity (Wildman–Crippen MR) is 95.9 cm³/mol. The summed E-state index contributed by atoms with van der Waals surface area (Å²) in [6.07, 6.45) is 0.493. The fourth-order valence-electron chi connectivity index (χ4n) is 2.08. The quantitative estimate of drug-likeness (QED) is 0.603. The van der Waals surface area contributed by atoms with Crippen molar-refractivity contribution in [1.82, 2.24) is 4.72 Å². The lowest BCUT2D eigenvalue weighted by Gasteiger charge is -2.20. The molecule has 0 bridgehead atoms. The molecular formula is C17H15Cl2NO3S. The standard InChI is InChI=1S/C17H15Cl2NO3S/c1-11-3-6-14(7-4-11)24(22,23)20-17(12(2)10-21)15-8-5-13(18)9-16(15)19/h3-10,17,20H,2H2,1H3. The molecule has 1 unspecified atom stereocenters. The van der Waals surface area contributed by atoms with E-state index < -0.39 is 16.1 Å². The zero-order chi connectivity index (χ0) is 17.9. The molecule has 0 fully saturated rings. The van der Waals surface area contributed by atoms with E-state index in [1.807, 2.05) is 6.92 Å². The van der Waals surface area contributed by atoms with E-state index in [4.69, 9.17) is 23.2 Å². The number of halogens is 2. The first kappa shape index (κ1) is 18.7. The van der Waals surface area contributed by atoms with Gasteiger partial charge >= 0.3 is 0 Å². The minimum Gasteiger partial charge on any atom is -0.298 e. The molecule has 0 saturated carbocycles. The molecule has 0 saturated heterocycles. The molecule has 0 aliphatic carbocycles. The SMILES string of the molecule is C=C(C=O)C(NS(=O)(=O)c1ccc(C)cc1)c1ccc(Cl)cc1Cl. The number of nitrogens with one attached hydrogen (secondary N) is 1. The summed E-state index contributed by atoms with van der Waals surface area (Å²) >= 11 is 12.0. The van der Waals surface area contributed by atoms with Crippen molar-refractivity contribution in [2.45, 2.75) is 17.9 Å². The van der Waals surface area contributed by atoms with Crippen LogP contribution in [0.4, 0.5) is 0 Å². The van der Waals surface area contributed by atoms with Crippen LogP contribution in [-0.4, -0.2) is 14.7 Å². The summed E-state index contributed by atoms with van der Waals surface area (Å²) in [6, 6.07) is 9.96. The zero-order valence-electron chi connectivity index (χ0n) is 12.8. The van der Waals surface area contributed by atoms with E-state index in [9.17, 15) is 13.2 Å². The number of aryl methyl sites for hydroxylation is 1. The molecule has 2 rings (SSSR count). The molecule has 0 radical (unpaired) electrons. The Balaban J connectivity index is 2.44. The number of sulfonamides is 1. The number of carbonyl (C=O) groups is 1. The third-order valence-corrected chi connectivity index (χ3v) is 5.40. The molecular weight excluding hydrogens is 369 g/mol. The molecule has 0 amide bonds. The maximum absolute atomic E-state index is 12.6. The number of benzene rings is 2. The van der Waals surface area contributed by atoms with Crippen molar-refractivity contribution < 1.29 is 13.2 Å². The Morgan fingerprint density at radius 1 is 1.17 bits per heavy atom. The van der Waals surface area contributed by atoms with Crippen LogP contribution in [0.2, 0.25) is 10.0 Å². The van der Waals surface area contributed by atoms with Crippen molar-refractivity contribution in [2.24, 2.45) is 0 Å². The van der Waals surface area contributed by atoms with Gasteiger partial charge in [0.1, 0.15) is 6.29 Å². The van der Waals surface area contributed by atoms with Crippen molar-refractivity contribution >= 4 is 39.5 Å². The van der Waals surface area contributed by atoms with Crippen LogP contribution in [0.15, 0.2) is 59.5 Å². The van der Waals surface area contributed by atoms with Crippen molar-refractivity contribution in [3.05, 3.63) is 75.8 Å². The summed E-state index contributed by atoms with van der Waals surface area (Å²) in [5, 5.41) is 0.641. The van der Waals surface area contributed by atoms with Gasteiger partial charge in [-0.1, -0.05) is 53.5 Å². The molecule has 2 aromatic rings. The maximum Gasteiger partial charge on any atom is 0.241 e. The van der Waals surface area contributed by atoms with Gasteiger partial charge in [-0.2, -0.15) is 4.72 Å². The molecule has 2 aromatic carbocycles. The lowest BCUT2D eigenvalue weighted by atomic mass is 10.0. The van der Waals surface area contributed by atoms with Crippen LogP contribution >= 0.6 is 23.2 Å². The van der Waals surface area contributed by atoms with E-state index in [0.29, 0.717) is 16.9 Å². The summed E-state index contributed by atoms with van der Waals surface area (Å²) in [5.74, 6) is 0. The van der Waals surface area contributed by atoms with Gasteiger partial charge in [-0.15, -0.1) is 0 Å². The first-order chi connectivity index (χ1) is 11.2. The van der Waals surface area contributed by atoms with Gasteiger partial charge in [0.2, 0.25) is 10.0 Å². The second-order valence-corrected chi connectivity index (χ2v) is 7.78. The van der Waals surface area contributed by atoms with Crippen molar-refractivity contribution in [2.75, 3.05) is 0 Å². The van der Waals surface area contributed by atoms with Crippen LogP contribution in [0.1, 0.15) is 17.2 Å². The number of hydrogen-bond acceptors (Lipinski definition) is 3. The normalized spacial score (nSPS) is 12.6. The highest BCUT2D eigenvalue weighted by Gasteiger charge is 2.25. The number of carbonyl (C=O) groups excluding carboxylic acids is 1. The van der Waals surface area contributed by atoms with Gasteiger partial charge in [0.25, 0.3) is 0 Å². The van der Waals surface area contributed by atoms with E-state index in [0.717, 1.165) is 5.56 Å². The van der Waals surface area contributed by atoms with Gasteiger partial charge in [0.15, 0.2) is 0 Å². The molecule has 0 spiro atoms. The topological polar surface area (TPSA) is 63.2 Å². The smallest absolute Gasteiger partial charge is 0.241 e. The molecule has 0 aliphatic rings. The van der Waals surface area contributed by atoms with Gasteiger partial charge in [0, 0.05) is 15.6 Å². The largest absolute Gasteiger partial charge is 0.298 e. The fraction of sp³-hybridized carbons (Fsp3) is 0.118. The van der Waals surface area contributed by atoms with E-state index in [1.165, 1.54) is 18.2 Å². The van der Waals surface area contributed by atoms with Crippen LogP contribution in [-0.2, 0) is 14.8 Å². The molecule has 126 valence electrons. The van der Waals surface area contributed by atoms with Gasteiger partial charge in [-0.05, 0) is 36.8 Å². The third kappa shape index (κ3) is 4.24. The van der Waals surface area contributed by atoms with Crippen molar-refractivity contribution in [3.8, 4) is 0 Å². The van der Waals surface area contributed by atoms with E-state index in [1.54, 1.807) is 24.3 Å². The van der Waals surface area contributed by atoms with Crippen LogP contribution < -0.4 is 4.72 Å². The van der Waals surface area contributed by atoms with E-state index in [-0.39, 0.29) is 15.5 Å². The average Bonchev–Trinajstić information content (AvgIpc) is 2.53. The Hall–Kier alpha value is -1.66. The second-order valence-electron chi connectivity index (χ2n) is 5.23. The molecule has 1 atom stereocenters. The lowest BCUT2D eigenvalue weighted by molar-refractivity contribution is -0.105. The zero-order valence-corrected chi connectivity index (χ0v) is 15.1. The van der Waals surface area contributed by atoms with Crippen LogP contribution in [0.5, 0.6) is 0 Å².